The third kappa shape index (κ3) is 2.69. The predicted molar refractivity (Wildman–Crippen MR) is 68.5 cm³/mol. The number of carbonyl (C=O) groups is 1. The van der Waals surface area contributed by atoms with Gasteiger partial charge in [0.2, 0.25) is 0 Å². The molecule has 0 heterocycles. The molecule has 88 valence electrons. The van der Waals surface area contributed by atoms with Gasteiger partial charge in [-0.1, -0.05) is 23.7 Å². The minimum absolute atomic E-state index is 0.00857. The van der Waals surface area contributed by atoms with Crippen molar-refractivity contribution in [3.63, 3.8) is 0 Å². The van der Waals surface area contributed by atoms with Gasteiger partial charge in [-0.3, -0.25) is 4.79 Å². The molecule has 0 radical (unpaired) electrons. The van der Waals surface area contributed by atoms with E-state index in [-0.39, 0.29) is 11.9 Å². The lowest BCUT2D eigenvalue weighted by Crippen LogP contribution is -2.36. The maximum atomic E-state index is 12.1. The Bertz CT molecular complexity index is 393. The molecule has 1 amide bonds. The number of nitrogens with zero attached hydrogens (tertiary/aromatic N) is 1. The van der Waals surface area contributed by atoms with Gasteiger partial charge in [0.1, 0.15) is 0 Å². The molecular formula is C12H15Cl2NO. The third-order valence-electron chi connectivity index (χ3n) is 2.63. The summed E-state index contributed by atoms with van der Waals surface area (Å²) in [7, 11) is 1.73. The number of hydrogen-bond donors (Lipinski definition) is 0. The van der Waals surface area contributed by atoms with E-state index in [0.29, 0.717) is 16.5 Å². The Hall–Kier alpha value is -0.730. The first-order chi connectivity index (χ1) is 7.49. The van der Waals surface area contributed by atoms with Crippen LogP contribution < -0.4 is 0 Å². The van der Waals surface area contributed by atoms with Crippen LogP contribution in [-0.2, 0) is 0 Å². The number of hydrogen-bond acceptors (Lipinski definition) is 1. The quantitative estimate of drug-likeness (QED) is 0.763. The molecule has 0 N–H and O–H groups in total. The van der Waals surface area contributed by atoms with Crippen LogP contribution in [0.3, 0.4) is 0 Å². The van der Waals surface area contributed by atoms with E-state index >= 15 is 0 Å². The fourth-order valence-electron chi connectivity index (χ4n) is 1.31. The molecule has 4 heteroatoms. The molecule has 1 unspecified atom stereocenters. The normalized spacial score (nSPS) is 12.3. The van der Waals surface area contributed by atoms with Gasteiger partial charge in [0.25, 0.3) is 5.91 Å². The van der Waals surface area contributed by atoms with E-state index in [2.05, 4.69) is 0 Å². The van der Waals surface area contributed by atoms with Crippen LogP contribution in [0.15, 0.2) is 18.2 Å². The molecule has 0 bridgehead atoms. The van der Waals surface area contributed by atoms with Gasteiger partial charge in [0.15, 0.2) is 0 Å². The van der Waals surface area contributed by atoms with Gasteiger partial charge in [-0.15, -0.1) is 11.6 Å². The van der Waals surface area contributed by atoms with Crippen molar-refractivity contribution in [2.24, 2.45) is 0 Å². The average molecular weight is 260 g/mol. The molecule has 2 nitrogen and oxygen atoms in total. The smallest absolute Gasteiger partial charge is 0.255 e. The molecule has 0 saturated carbocycles. The number of carbonyl (C=O) groups excluding carboxylic acids is 1. The van der Waals surface area contributed by atoms with Crippen molar-refractivity contribution < 1.29 is 4.79 Å². The van der Waals surface area contributed by atoms with Crippen LogP contribution in [0.1, 0.15) is 22.8 Å². The first-order valence-corrected chi connectivity index (χ1v) is 5.98. The van der Waals surface area contributed by atoms with Gasteiger partial charge < -0.3 is 4.90 Å². The lowest BCUT2D eigenvalue weighted by Gasteiger charge is -2.23. The zero-order chi connectivity index (χ0) is 12.3. The second-order valence-corrected chi connectivity index (χ2v) is 4.54. The molecule has 0 aromatic heterocycles. The summed E-state index contributed by atoms with van der Waals surface area (Å²) in [5.41, 5.74) is 1.43. The van der Waals surface area contributed by atoms with Crippen molar-refractivity contribution >= 4 is 29.1 Å². The molecule has 0 fully saturated rings. The van der Waals surface area contributed by atoms with Gasteiger partial charge in [-0.05, 0) is 25.5 Å². The fraction of sp³-hybridized carbons (Fsp3) is 0.417. The van der Waals surface area contributed by atoms with Crippen molar-refractivity contribution in [1.29, 1.82) is 0 Å². The second-order valence-electron chi connectivity index (χ2n) is 3.86. The Morgan fingerprint density at radius 1 is 1.50 bits per heavy atom. The summed E-state index contributed by atoms with van der Waals surface area (Å²) in [6.45, 7) is 3.78. The minimum Gasteiger partial charge on any atom is -0.338 e. The summed E-state index contributed by atoms with van der Waals surface area (Å²) in [6.07, 6.45) is 0. The Kier molecular flexibility index (Phi) is 4.63. The van der Waals surface area contributed by atoms with E-state index in [4.69, 9.17) is 23.2 Å². The summed E-state index contributed by atoms with van der Waals surface area (Å²) >= 11 is 11.8. The van der Waals surface area contributed by atoms with E-state index < -0.39 is 0 Å². The lowest BCUT2D eigenvalue weighted by molar-refractivity contribution is 0.0757. The summed E-state index contributed by atoms with van der Waals surface area (Å²) in [6, 6.07) is 5.43. The number of halogens is 2. The summed E-state index contributed by atoms with van der Waals surface area (Å²) in [5, 5.41) is 0.515. The molecule has 1 aromatic rings. The minimum atomic E-state index is -0.0955. The molecule has 0 aliphatic rings. The lowest BCUT2D eigenvalue weighted by atomic mass is 10.1. The molecule has 16 heavy (non-hydrogen) atoms. The molecule has 1 atom stereocenters. The average Bonchev–Trinajstić information content (AvgIpc) is 2.29. The number of amides is 1. The summed E-state index contributed by atoms with van der Waals surface area (Å²) in [5.74, 6) is 0.313. The standard InChI is InChI=1S/C12H15Cl2NO/c1-8-5-4-6-10(11(8)14)12(16)15(3)9(2)7-13/h4-6,9H,7H2,1-3H3. The largest absolute Gasteiger partial charge is 0.338 e. The first kappa shape index (κ1) is 13.3. The van der Waals surface area contributed by atoms with Crippen molar-refractivity contribution in [2.45, 2.75) is 19.9 Å². The molecule has 0 aliphatic carbocycles. The number of aryl methyl sites for hydroxylation is 1. The van der Waals surface area contributed by atoms with Crippen LogP contribution >= 0.6 is 23.2 Å². The van der Waals surface area contributed by atoms with E-state index in [1.807, 2.05) is 26.0 Å². The van der Waals surface area contributed by atoms with Gasteiger partial charge >= 0.3 is 0 Å². The maximum Gasteiger partial charge on any atom is 0.255 e. The number of rotatable bonds is 3. The van der Waals surface area contributed by atoms with Gasteiger partial charge in [0.05, 0.1) is 10.6 Å². The van der Waals surface area contributed by atoms with Gasteiger partial charge in [-0.25, -0.2) is 0 Å². The van der Waals surface area contributed by atoms with E-state index in [1.165, 1.54) is 0 Å². The molecule has 0 spiro atoms. The number of benzene rings is 1. The van der Waals surface area contributed by atoms with Crippen molar-refractivity contribution in [3.8, 4) is 0 Å². The van der Waals surface area contributed by atoms with E-state index in [9.17, 15) is 4.79 Å². The van der Waals surface area contributed by atoms with Crippen molar-refractivity contribution in [3.05, 3.63) is 34.3 Å². The molecule has 0 aliphatic heterocycles. The Morgan fingerprint density at radius 3 is 2.69 bits per heavy atom. The Morgan fingerprint density at radius 2 is 2.12 bits per heavy atom. The monoisotopic (exact) mass is 259 g/mol. The Balaban J connectivity index is 3.01. The number of alkyl halides is 1. The van der Waals surface area contributed by atoms with Crippen molar-refractivity contribution in [1.82, 2.24) is 4.90 Å². The molecule has 0 saturated heterocycles. The highest BCUT2D eigenvalue weighted by Gasteiger charge is 2.19. The van der Waals surface area contributed by atoms with Crippen LogP contribution in [0, 0.1) is 6.92 Å². The summed E-state index contributed by atoms with van der Waals surface area (Å²) in [4.78, 5) is 13.7. The maximum absolute atomic E-state index is 12.1. The molecular weight excluding hydrogens is 245 g/mol. The summed E-state index contributed by atoms with van der Waals surface area (Å²) < 4.78 is 0. The van der Waals surface area contributed by atoms with Crippen LogP contribution in [0.4, 0.5) is 0 Å². The highest BCUT2D eigenvalue weighted by molar-refractivity contribution is 6.34. The fourth-order valence-corrected chi connectivity index (χ4v) is 1.72. The first-order valence-electron chi connectivity index (χ1n) is 5.07. The van der Waals surface area contributed by atoms with E-state index in [0.717, 1.165) is 5.56 Å². The Labute approximate surface area is 106 Å². The van der Waals surface area contributed by atoms with E-state index in [1.54, 1.807) is 18.0 Å². The zero-order valence-corrected chi connectivity index (χ0v) is 11.1. The third-order valence-corrected chi connectivity index (χ3v) is 3.58. The van der Waals surface area contributed by atoms with Crippen molar-refractivity contribution in [2.75, 3.05) is 12.9 Å². The van der Waals surface area contributed by atoms with Crippen LogP contribution in [0.25, 0.3) is 0 Å². The zero-order valence-electron chi connectivity index (χ0n) is 9.63. The topological polar surface area (TPSA) is 20.3 Å². The van der Waals surface area contributed by atoms with Gasteiger partial charge in [0, 0.05) is 19.0 Å². The van der Waals surface area contributed by atoms with Crippen LogP contribution in [-0.4, -0.2) is 29.8 Å². The van der Waals surface area contributed by atoms with Crippen LogP contribution in [0.5, 0.6) is 0 Å². The highest BCUT2D eigenvalue weighted by Crippen LogP contribution is 2.22. The molecule has 1 rings (SSSR count). The van der Waals surface area contributed by atoms with Gasteiger partial charge in [-0.2, -0.15) is 0 Å². The van der Waals surface area contributed by atoms with Crippen LogP contribution in [0.2, 0.25) is 5.02 Å². The SMILES string of the molecule is Cc1cccc(C(=O)N(C)C(C)CCl)c1Cl. The molecule has 1 aromatic carbocycles. The highest BCUT2D eigenvalue weighted by atomic mass is 35.5. The predicted octanol–water partition coefficient (Wildman–Crippen LogP) is 3.35. The second kappa shape index (κ2) is 5.55.